The van der Waals surface area contributed by atoms with E-state index in [0.29, 0.717) is 0 Å². The van der Waals surface area contributed by atoms with Crippen LogP contribution in [0.3, 0.4) is 0 Å². The molecule has 106 valence electrons. The van der Waals surface area contributed by atoms with Gasteiger partial charge in [0, 0.05) is 11.9 Å². The maximum atomic E-state index is 11.2. The summed E-state index contributed by atoms with van der Waals surface area (Å²) in [5, 5.41) is 19.0. The Morgan fingerprint density at radius 1 is 1.45 bits per heavy atom. The summed E-state index contributed by atoms with van der Waals surface area (Å²) >= 11 is 1.61. The molecular formula is C12H15N5O2S. The second-order valence-corrected chi connectivity index (χ2v) is 5.03. The van der Waals surface area contributed by atoms with Crippen LogP contribution in [0.25, 0.3) is 0 Å². The molecule has 8 heteroatoms. The molecule has 0 bridgehead atoms. The van der Waals surface area contributed by atoms with Crippen LogP contribution in [0.15, 0.2) is 23.8 Å². The van der Waals surface area contributed by atoms with Gasteiger partial charge in [0.15, 0.2) is 0 Å². The van der Waals surface area contributed by atoms with E-state index in [-0.39, 0.29) is 23.4 Å². The second kappa shape index (κ2) is 6.29. The number of aromatic nitrogens is 2. The summed E-state index contributed by atoms with van der Waals surface area (Å²) in [5.74, 6) is 0.433. The highest BCUT2D eigenvalue weighted by molar-refractivity contribution is 7.10. The average Bonchev–Trinajstić information content (AvgIpc) is 2.97. The highest BCUT2D eigenvalue weighted by Gasteiger charge is 2.24. The molecule has 0 saturated carbocycles. The van der Waals surface area contributed by atoms with Crippen molar-refractivity contribution >= 4 is 28.7 Å². The lowest BCUT2D eigenvalue weighted by atomic mass is 10.2. The van der Waals surface area contributed by atoms with Crippen LogP contribution in [-0.2, 0) is 0 Å². The van der Waals surface area contributed by atoms with Crippen molar-refractivity contribution in [3.05, 3.63) is 38.8 Å². The zero-order valence-electron chi connectivity index (χ0n) is 11.2. The highest BCUT2D eigenvalue weighted by Crippen LogP contribution is 2.33. The van der Waals surface area contributed by atoms with Crippen LogP contribution < -0.4 is 10.6 Å². The lowest BCUT2D eigenvalue weighted by Gasteiger charge is -2.16. The van der Waals surface area contributed by atoms with Crippen LogP contribution in [0, 0.1) is 10.1 Å². The Kier molecular flexibility index (Phi) is 4.46. The van der Waals surface area contributed by atoms with Gasteiger partial charge in [0.25, 0.3) is 0 Å². The first-order valence-corrected chi connectivity index (χ1v) is 7.02. The van der Waals surface area contributed by atoms with Crippen LogP contribution in [0.4, 0.5) is 17.3 Å². The van der Waals surface area contributed by atoms with Crippen LogP contribution in [0.1, 0.15) is 24.3 Å². The summed E-state index contributed by atoms with van der Waals surface area (Å²) in [5.41, 5.74) is -0.134. The maximum absolute atomic E-state index is 11.2. The summed E-state index contributed by atoms with van der Waals surface area (Å²) in [4.78, 5) is 19.7. The van der Waals surface area contributed by atoms with Crippen molar-refractivity contribution in [2.75, 3.05) is 17.7 Å². The van der Waals surface area contributed by atoms with Gasteiger partial charge in [0.05, 0.1) is 11.0 Å². The molecule has 0 radical (unpaired) electrons. The fourth-order valence-corrected chi connectivity index (χ4v) is 2.73. The standard InChI is InChI=1S/C12H15N5O2S/c1-3-8(9-5-4-6-20-9)16-12-10(17(18)19)11(13-2)14-7-15-12/h4-8H,3H2,1-2H3,(H2,13,14,15,16). The zero-order chi connectivity index (χ0) is 14.5. The molecule has 1 unspecified atom stereocenters. The molecule has 0 fully saturated rings. The van der Waals surface area contributed by atoms with Gasteiger partial charge in [-0.1, -0.05) is 13.0 Å². The molecule has 0 spiro atoms. The molecule has 2 rings (SSSR count). The van der Waals surface area contributed by atoms with Crippen molar-refractivity contribution < 1.29 is 4.92 Å². The SMILES string of the molecule is CCC(Nc1ncnc(NC)c1[N+](=O)[O-])c1cccs1. The van der Waals surface area contributed by atoms with Gasteiger partial charge >= 0.3 is 5.69 Å². The number of thiophene rings is 1. The topological polar surface area (TPSA) is 93.0 Å². The Balaban J connectivity index is 2.35. The number of nitrogens with one attached hydrogen (secondary N) is 2. The van der Waals surface area contributed by atoms with Crippen LogP contribution >= 0.6 is 11.3 Å². The van der Waals surface area contributed by atoms with E-state index >= 15 is 0 Å². The minimum atomic E-state index is -0.477. The van der Waals surface area contributed by atoms with Gasteiger partial charge in [0.2, 0.25) is 11.6 Å². The largest absolute Gasteiger partial charge is 0.367 e. The predicted molar refractivity (Wildman–Crippen MR) is 79.2 cm³/mol. The van der Waals surface area contributed by atoms with E-state index in [0.717, 1.165) is 11.3 Å². The number of anilines is 2. The molecule has 2 heterocycles. The van der Waals surface area contributed by atoms with E-state index in [2.05, 4.69) is 20.6 Å². The zero-order valence-corrected chi connectivity index (χ0v) is 12.0. The third-order valence-corrected chi connectivity index (χ3v) is 3.83. The Hall–Kier alpha value is -2.22. The summed E-state index contributed by atoms with van der Waals surface area (Å²) in [6.07, 6.45) is 2.11. The van der Waals surface area contributed by atoms with Gasteiger partial charge in [-0.3, -0.25) is 10.1 Å². The fraction of sp³-hybridized carbons (Fsp3) is 0.333. The molecule has 2 aromatic rings. The molecule has 20 heavy (non-hydrogen) atoms. The van der Waals surface area contributed by atoms with E-state index < -0.39 is 4.92 Å². The predicted octanol–water partition coefficient (Wildman–Crippen LogP) is 3.05. The third-order valence-electron chi connectivity index (χ3n) is 2.85. The summed E-state index contributed by atoms with van der Waals surface area (Å²) < 4.78 is 0. The molecule has 0 amide bonds. The van der Waals surface area contributed by atoms with Crippen molar-refractivity contribution in [3.8, 4) is 0 Å². The van der Waals surface area contributed by atoms with Crippen LogP contribution in [-0.4, -0.2) is 21.9 Å². The lowest BCUT2D eigenvalue weighted by Crippen LogP contribution is -2.12. The van der Waals surface area contributed by atoms with Crippen molar-refractivity contribution in [2.45, 2.75) is 19.4 Å². The monoisotopic (exact) mass is 293 g/mol. The summed E-state index contributed by atoms with van der Waals surface area (Å²) in [6, 6.07) is 3.95. The van der Waals surface area contributed by atoms with Crippen molar-refractivity contribution in [3.63, 3.8) is 0 Å². The first kappa shape index (κ1) is 14.2. The molecule has 0 aliphatic heterocycles. The lowest BCUT2D eigenvalue weighted by molar-refractivity contribution is -0.383. The van der Waals surface area contributed by atoms with Gasteiger partial charge in [-0.25, -0.2) is 9.97 Å². The first-order chi connectivity index (χ1) is 9.67. The number of hydrogen-bond donors (Lipinski definition) is 2. The van der Waals surface area contributed by atoms with E-state index in [1.165, 1.54) is 6.33 Å². The Bertz CT molecular complexity index is 588. The van der Waals surface area contributed by atoms with E-state index in [1.807, 2.05) is 24.4 Å². The molecule has 0 aromatic carbocycles. The van der Waals surface area contributed by atoms with Crippen molar-refractivity contribution in [1.82, 2.24) is 9.97 Å². The first-order valence-electron chi connectivity index (χ1n) is 6.14. The smallest absolute Gasteiger partial charge is 0.353 e. The summed E-state index contributed by atoms with van der Waals surface area (Å²) in [7, 11) is 1.59. The minimum absolute atomic E-state index is 0.00620. The van der Waals surface area contributed by atoms with Gasteiger partial charge in [-0.2, -0.15) is 0 Å². The Morgan fingerprint density at radius 3 is 2.75 bits per heavy atom. The average molecular weight is 293 g/mol. The van der Waals surface area contributed by atoms with Crippen LogP contribution in [0.5, 0.6) is 0 Å². The molecule has 1 atom stereocenters. The number of hydrogen-bond acceptors (Lipinski definition) is 7. The molecule has 0 aliphatic carbocycles. The maximum Gasteiger partial charge on any atom is 0.353 e. The van der Waals surface area contributed by atoms with E-state index in [4.69, 9.17) is 0 Å². The van der Waals surface area contributed by atoms with Crippen LogP contribution in [0.2, 0.25) is 0 Å². The Morgan fingerprint density at radius 2 is 2.20 bits per heavy atom. The number of nitrogens with zero attached hydrogens (tertiary/aromatic N) is 3. The van der Waals surface area contributed by atoms with Gasteiger partial charge in [-0.15, -0.1) is 11.3 Å². The Labute approximate surface area is 120 Å². The van der Waals surface area contributed by atoms with Crippen molar-refractivity contribution in [2.24, 2.45) is 0 Å². The molecule has 2 N–H and O–H groups in total. The van der Waals surface area contributed by atoms with Crippen molar-refractivity contribution in [1.29, 1.82) is 0 Å². The summed E-state index contributed by atoms with van der Waals surface area (Å²) in [6.45, 7) is 2.02. The quantitative estimate of drug-likeness (QED) is 0.628. The molecular weight excluding hydrogens is 278 g/mol. The molecule has 0 saturated heterocycles. The highest BCUT2D eigenvalue weighted by atomic mass is 32.1. The van der Waals surface area contributed by atoms with Gasteiger partial charge < -0.3 is 10.6 Å². The molecule has 0 aliphatic rings. The second-order valence-electron chi connectivity index (χ2n) is 4.05. The van der Waals surface area contributed by atoms with E-state index in [9.17, 15) is 10.1 Å². The van der Waals surface area contributed by atoms with Gasteiger partial charge in [-0.05, 0) is 17.9 Å². The number of nitro groups is 1. The molecule has 7 nitrogen and oxygen atoms in total. The van der Waals surface area contributed by atoms with Gasteiger partial charge in [0.1, 0.15) is 6.33 Å². The van der Waals surface area contributed by atoms with E-state index in [1.54, 1.807) is 18.4 Å². The third kappa shape index (κ3) is 2.85. The fourth-order valence-electron chi connectivity index (χ4n) is 1.87. The molecule has 2 aromatic heterocycles. The normalized spacial score (nSPS) is 11.9. The number of rotatable bonds is 6. The minimum Gasteiger partial charge on any atom is -0.367 e.